The largest absolute Gasteiger partial charge is 0.344 e. The quantitative estimate of drug-likeness (QED) is 0.198. The minimum absolute atomic E-state index is 0.296. The maximum Gasteiger partial charge on any atom is 0.159 e. The molecular formula is C46H30N4S. The van der Waals surface area contributed by atoms with Gasteiger partial charge in [0.25, 0.3) is 0 Å². The molecule has 1 atom stereocenters. The Morgan fingerprint density at radius 3 is 1.96 bits per heavy atom. The summed E-state index contributed by atoms with van der Waals surface area (Å²) in [6.07, 6.45) is -0.296. The molecule has 0 fully saturated rings. The molecule has 1 aliphatic heterocycles. The lowest BCUT2D eigenvalue weighted by molar-refractivity contribution is 0.675. The van der Waals surface area contributed by atoms with Gasteiger partial charge in [0.2, 0.25) is 0 Å². The van der Waals surface area contributed by atoms with Gasteiger partial charge in [0.15, 0.2) is 5.84 Å². The molecule has 4 nitrogen and oxygen atoms in total. The number of hydrogen-bond donors (Lipinski definition) is 1. The van der Waals surface area contributed by atoms with Crippen molar-refractivity contribution >= 4 is 65.5 Å². The number of amidine groups is 2. The van der Waals surface area contributed by atoms with E-state index >= 15 is 0 Å². The second-order valence-electron chi connectivity index (χ2n) is 12.9. The zero-order valence-electron chi connectivity index (χ0n) is 27.5. The van der Waals surface area contributed by atoms with Gasteiger partial charge in [0.1, 0.15) is 17.0 Å². The average Bonchev–Trinajstić information content (AvgIpc) is 3.66. The van der Waals surface area contributed by atoms with E-state index in [0.717, 1.165) is 49.7 Å². The first kappa shape index (κ1) is 29.5. The fourth-order valence-corrected chi connectivity index (χ4v) is 8.15. The van der Waals surface area contributed by atoms with E-state index in [4.69, 9.17) is 15.0 Å². The molecule has 1 N–H and O–H groups in total. The van der Waals surface area contributed by atoms with Crippen molar-refractivity contribution in [3.8, 4) is 21.7 Å². The first-order chi connectivity index (χ1) is 25.2. The predicted octanol–water partition coefficient (Wildman–Crippen LogP) is 11.6. The topological polar surface area (TPSA) is 49.6 Å². The van der Waals surface area contributed by atoms with Crippen LogP contribution in [-0.2, 0) is 0 Å². The number of nitrogens with zero attached hydrogens (tertiary/aromatic N) is 3. The van der Waals surface area contributed by atoms with Crippen LogP contribution in [0.4, 0.5) is 0 Å². The van der Waals surface area contributed by atoms with Gasteiger partial charge in [-0.15, -0.1) is 11.3 Å². The number of nitrogens with one attached hydrogen (secondary N) is 1. The van der Waals surface area contributed by atoms with Crippen molar-refractivity contribution in [3.63, 3.8) is 0 Å². The lowest BCUT2D eigenvalue weighted by Crippen LogP contribution is -2.33. The Kier molecular flexibility index (Phi) is 7.03. The van der Waals surface area contributed by atoms with Crippen molar-refractivity contribution in [1.29, 1.82) is 0 Å². The molecule has 0 radical (unpaired) electrons. The summed E-state index contributed by atoms with van der Waals surface area (Å²) in [5, 5.41) is 11.9. The highest BCUT2D eigenvalue weighted by atomic mass is 32.1. The zero-order chi connectivity index (χ0) is 33.7. The average molecular weight is 671 g/mol. The van der Waals surface area contributed by atoms with Crippen molar-refractivity contribution in [2.45, 2.75) is 6.17 Å². The van der Waals surface area contributed by atoms with Gasteiger partial charge in [-0.25, -0.2) is 15.0 Å². The van der Waals surface area contributed by atoms with Crippen LogP contribution in [0.1, 0.15) is 22.9 Å². The van der Waals surface area contributed by atoms with E-state index < -0.39 is 0 Å². The van der Waals surface area contributed by atoms with Gasteiger partial charge < -0.3 is 5.32 Å². The molecule has 51 heavy (non-hydrogen) atoms. The van der Waals surface area contributed by atoms with Crippen LogP contribution in [0, 0.1) is 0 Å². The Morgan fingerprint density at radius 2 is 1.12 bits per heavy atom. The highest BCUT2D eigenvalue weighted by Gasteiger charge is 2.22. The number of aliphatic imine (C=N–C) groups is 2. The third-order valence-corrected chi connectivity index (χ3v) is 10.9. The molecule has 0 amide bonds. The molecule has 1 aliphatic rings. The fourth-order valence-electron chi connectivity index (χ4n) is 7.05. The van der Waals surface area contributed by atoms with Crippen LogP contribution in [0.25, 0.3) is 64.2 Å². The number of benzene rings is 8. The first-order valence-corrected chi connectivity index (χ1v) is 17.9. The van der Waals surface area contributed by atoms with E-state index in [2.05, 4.69) is 169 Å². The Morgan fingerprint density at radius 1 is 0.471 bits per heavy atom. The standard InChI is InChI=1S/C46H30N4S/c1-2-11-31(12-3-1)46-47-41-24-22-36-25-35(21-23-40(36)42(41)51-46)34-15-8-16-37(28-34)43-48-44(38-19-17-29-9-4-6-13-32(29)26-38)50-45(49-43)39-20-18-30-10-5-7-14-33(30)27-39/h1-28,44H,(H,48,49,50). The summed E-state index contributed by atoms with van der Waals surface area (Å²) in [5.74, 6) is 1.51. The predicted molar refractivity (Wildman–Crippen MR) is 215 cm³/mol. The van der Waals surface area contributed by atoms with Crippen LogP contribution >= 0.6 is 11.3 Å². The SMILES string of the molecule is c1ccc(-c2nc3ccc4cc(-c5cccc(C6=NC(c7ccc8ccccc8c7)NC(c7ccc8ccccc8c7)=N6)c5)ccc4c3s2)cc1. The number of hydrogen-bond acceptors (Lipinski definition) is 5. The van der Waals surface area contributed by atoms with Gasteiger partial charge in [-0.3, -0.25) is 0 Å². The van der Waals surface area contributed by atoms with Crippen LogP contribution in [-0.4, -0.2) is 16.7 Å². The number of thiazole rings is 1. The Hall–Kier alpha value is -6.43. The summed E-state index contributed by atoms with van der Waals surface area (Å²) < 4.78 is 1.21. The van der Waals surface area contributed by atoms with Crippen molar-refractivity contribution in [2.75, 3.05) is 0 Å². The monoisotopic (exact) mass is 670 g/mol. The summed E-state index contributed by atoms with van der Waals surface area (Å²) in [5.41, 5.74) is 7.55. The lowest BCUT2D eigenvalue weighted by Gasteiger charge is -2.24. The third kappa shape index (κ3) is 5.45. The minimum Gasteiger partial charge on any atom is -0.344 e. The molecule has 1 unspecified atom stereocenters. The smallest absolute Gasteiger partial charge is 0.159 e. The zero-order valence-corrected chi connectivity index (χ0v) is 28.3. The molecule has 0 saturated carbocycles. The Labute approximate surface area is 299 Å². The van der Waals surface area contributed by atoms with E-state index in [1.54, 1.807) is 11.3 Å². The Balaban J connectivity index is 1.05. The number of fused-ring (bicyclic) bond motifs is 5. The maximum atomic E-state index is 5.23. The molecule has 0 spiro atoms. The van der Waals surface area contributed by atoms with Gasteiger partial charge in [-0.2, -0.15) is 0 Å². The first-order valence-electron chi connectivity index (χ1n) is 17.1. The third-order valence-electron chi connectivity index (χ3n) is 9.70. The van der Waals surface area contributed by atoms with E-state index in [1.807, 2.05) is 6.07 Å². The van der Waals surface area contributed by atoms with E-state index in [0.29, 0.717) is 5.84 Å². The summed E-state index contributed by atoms with van der Waals surface area (Å²) in [6.45, 7) is 0. The fraction of sp³-hybridized carbons (Fsp3) is 0.0217. The van der Waals surface area contributed by atoms with Gasteiger partial charge in [-0.1, -0.05) is 140 Å². The normalized spacial score (nSPS) is 14.5. The summed E-state index contributed by atoms with van der Waals surface area (Å²) >= 11 is 1.75. The molecule has 0 saturated heterocycles. The molecule has 1 aromatic heterocycles. The minimum atomic E-state index is -0.296. The summed E-state index contributed by atoms with van der Waals surface area (Å²) in [7, 11) is 0. The maximum absolute atomic E-state index is 5.23. The summed E-state index contributed by atoms with van der Waals surface area (Å²) in [4.78, 5) is 15.3. The molecule has 10 rings (SSSR count). The molecule has 0 aliphatic carbocycles. The second kappa shape index (κ2) is 12.2. The van der Waals surface area contributed by atoms with Crippen molar-refractivity contribution in [3.05, 3.63) is 187 Å². The molecular weight excluding hydrogens is 641 g/mol. The molecule has 8 aromatic carbocycles. The van der Waals surface area contributed by atoms with Crippen LogP contribution in [0.2, 0.25) is 0 Å². The lowest BCUT2D eigenvalue weighted by atomic mass is 9.99. The van der Waals surface area contributed by atoms with Crippen molar-refractivity contribution in [2.24, 2.45) is 9.98 Å². The highest BCUT2D eigenvalue weighted by molar-refractivity contribution is 7.22. The Bertz CT molecular complexity index is 2850. The van der Waals surface area contributed by atoms with Gasteiger partial charge in [0.05, 0.1) is 10.2 Å². The van der Waals surface area contributed by atoms with Gasteiger partial charge in [-0.05, 0) is 74.0 Å². The number of rotatable bonds is 5. The molecule has 240 valence electrons. The number of aromatic nitrogens is 1. The van der Waals surface area contributed by atoms with Crippen LogP contribution in [0.15, 0.2) is 180 Å². The van der Waals surface area contributed by atoms with E-state index in [-0.39, 0.29) is 6.17 Å². The molecule has 5 heteroatoms. The van der Waals surface area contributed by atoms with E-state index in [9.17, 15) is 0 Å². The molecule has 0 bridgehead atoms. The van der Waals surface area contributed by atoms with Crippen molar-refractivity contribution < 1.29 is 0 Å². The molecule has 2 heterocycles. The van der Waals surface area contributed by atoms with Gasteiger partial charge >= 0.3 is 0 Å². The van der Waals surface area contributed by atoms with Crippen LogP contribution in [0.5, 0.6) is 0 Å². The van der Waals surface area contributed by atoms with Gasteiger partial charge in [0, 0.05) is 22.1 Å². The van der Waals surface area contributed by atoms with Crippen molar-refractivity contribution in [1.82, 2.24) is 10.3 Å². The molecule has 9 aromatic rings. The van der Waals surface area contributed by atoms with Crippen LogP contribution < -0.4 is 5.32 Å². The second-order valence-corrected chi connectivity index (χ2v) is 13.9. The van der Waals surface area contributed by atoms with E-state index in [1.165, 1.54) is 37.0 Å². The van der Waals surface area contributed by atoms with Crippen LogP contribution in [0.3, 0.4) is 0 Å². The highest BCUT2D eigenvalue weighted by Crippen LogP contribution is 2.37. The summed E-state index contributed by atoms with van der Waals surface area (Å²) in [6, 6.07) is 60.0.